The fourth-order valence-electron chi connectivity index (χ4n) is 3.62. The minimum atomic E-state index is -0.613. The van der Waals surface area contributed by atoms with E-state index >= 15 is 0 Å². The molecule has 6 heteroatoms. The summed E-state index contributed by atoms with van der Waals surface area (Å²) in [6.45, 7) is 4.96. The number of fused-ring (bicyclic) bond motifs is 1. The Kier molecular flexibility index (Phi) is 3.78. The molecule has 25 heavy (non-hydrogen) atoms. The first-order valence-electron chi connectivity index (χ1n) is 9.04. The predicted octanol–water partition coefficient (Wildman–Crippen LogP) is 2.56. The van der Waals surface area contributed by atoms with E-state index in [2.05, 4.69) is 25.2 Å². The largest absolute Gasteiger partial charge is 0.329 e. The first-order chi connectivity index (χ1) is 12.0. The third-order valence-electron chi connectivity index (χ3n) is 5.31. The van der Waals surface area contributed by atoms with Crippen molar-refractivity contribution in [3.8, 4) is 0 Å². The number of piperidine rings is 1. The highest BCUT2D eigenvalue weighted by atomic mass is 16.2. The molecule has 1 aromatic carbocycles. The summed E-state index contributed by atoms with van der Waals surface area (Å²) in [5.41, 5.74) is 2.71. The molecule has 0 bridgehead atoms. The van der Waals surface area contributed by atoms with Gasteiger partial charge < -0.3 is 0 Å². The average molecular weight is 343 g/mol. The minimum absolute atomic E-state index is 0. The molecule has 2 aromatic rings. The van der Waals surface area contributed by atoms with E-state index < -0.39 is 6.04 Å². The van der Waals surface area contributed by atoms with E-state index in [1.54, 1.807) is 4.57 Å². The summed E-state index contributed by atoms with van der Waals surface area (Å²) < 4.78 is 3.41. The van der Waals surface area contributed by atoms with Crippen molar-refractivity contribution in [1.29, 1.82) is 0 Å². The molecule has 1 aromatic heterocycles. The van der Waals surface area contributed by atoms with Gasteiger partial charge in [-0.2, -0.15) is 0 Å². The lowest BCUT2D eigenvalue weighted by atomic mass is 10.0. The van der Waals surface area contributed by atoms with Gasteiger partial charge in [-0.3, -0.25) is 24.0 Å². The van der Waals surface area contributed by atoms with Gasteiger partial charge in [0.1, 0.15) is 6.04 Å². The number of amides is 2. The van der Waals surface area contributed by atoms with Gasteiger partial charge in [0.25, 0.3) is 0 Å². The van der Waals surface area contributed by atoms with Crippen molar-refractivity contribution in [2.45, 2.75) is 58.0 Å². The second kappa shape index (κ2) is 5.86. The quantitative estimate of drug-likeness (QED) is 0.867. The molecule has 134 valence electrons. The van der Waals surface area contributed by atoms with Crippen molar-refractivity contribution >= 4 is 22.8 Å². The Hall–Kier alpha value is -2.37. The van der Waals surface area contributed by atoms with Crippen molar-refractivity contribution < 1.29 is 11.0 Å². The Labute approximate surface area is 147 Å². The fraction of sp³-hybridized carbons (Fsp3) is 0.526. The highest BCUT2D eigenvalue weighted by molar-refractivity contribution is 6.00. The molecule has 1 aliphatic heterocycles. The standard InChI is InChI=1S/C19H23N3O3.H2/c1-11(2)13-5-6-14-16(9-13)21(10-12-3-4-12)19(25)22(14)15-7-8-17(23)20-18(15)24;/h5-6,9,11-12,15H,3-4,7-8,10H2,1-2H3,(H,20,23,24);1H. The molecule has 0 radical (unpaired) electrons. The van der Waals surface area contributed by atoms with Crippen molar-refractivity contribution in [2.75, 3.05) is 0 Å². The summed E-state index contributed by atoms with van der Waals surface area (Å²) in [4.78, 5) is 36.9. The molecule has 2 aliphatic rings. The summed E-state index contributed by atoms with van der Waals surface area (Å²) >= 11 is 0. The van der Waals surface area contributed by atoms with E-state index in [1.165, 1.54) is 5.56 Å². The van der Waals surface area contributed by atoms with Crippen LogP contribution in [0.2, 0.25) is 0 Å². The number of rotatable bonds is 4. The molecular weight excluding hydrogens is 318 g/mol. The van der Waals surface area contributed by atoms with E-state index in [4.69, 9.17) is 0 Å². The topological polar surface area (TPSA) is 73.1 Å². The Morgan fingerprint density at radius 1 is 1.16 bits per heavy atom. The van der Waals surface area contributed by atoms with Crippen LogP contribution in [0.15, 0.2) is 23.0 Å². The summed E-state index contributed by atoms with van der Waals surface area (Å²) in [6, 6.07) is 5.43. The molecule has 4 rings (SSSR count). The van der Waals surface area contributed by atoms with E-state index in [1.807, 2.05) is 16.7 Å². The maximum Gasteiger partial charge on any atom is 0.329 e. The summed E-state index contributed by atoms with van der Waals surface area (Å²) in [5, 5.41) is 2.36. The van der Waals surface area contributed by atoms with Gasteiger partial charge >= 0.3 is 5.69 Å². The van der Waals surface area contributed by atoms with E-state index in [0.29, 0.717) is 24.8 Å². The molecular formula is C19H25N3O3. The van der Waals surface area contributed by atoms with Crippen molar-refractivity contribution in [3.05, 3.63) is 34.2 Å². The minimum Gasteiger partial charge on any atom is -0.295 e. The first kappa shape index (κ1) is 16.1. The number of benzene rings is 1. The molecule has 2 fully saturated rings. The normalized spacial score (nSPS) is 21.2. The number of nitrogens with one attached hydrogen (secondary N) is 1. The van der Waals surface area contributed by atoms with Crippen LogP contribution in [0.1, 0.15) is 58.5 Å². The highest BCUT2D eigenvalue weighted by Crippen LogP contribution is 2.32. The van der Waals surface area contributed by atoms with Gasteiger partial charge in [0.15, 0.2) is 0 Å². The number of nitrogens with zero attached hydrogens (tertiary/aromatic N) is 2. The molecule has 2 amide bonds. The Morgan fingerprint density at radius 2 is 1.92 bits per heavy atom. The third-order valence-corrected chi connectivity index (χ3v) is 5.31. The molecule has 1 saturated carbocycles. The smallest absolute Gasteiger partial charge is 0.295 e. The van der Waals surface area contributed by atoms with Crippen LogP contribution in [0.3, 0.4) is 0 Å². The van der Waals surface area contributed by atoms with E-state index in [0.717, 1.165) is 23.9 Å². The molecule has 1 atom stereocenters. The average Bonchev–Trinajstić information content (AvgIpc) is 3.34. The molecule has 2 heterocycles. The van der Waals surface area contributed by atoms with Crippen LogP contribution in [0, 0.1) is 5.92 Å². The third kappa shape index (κ3) is 2.79. The maximum absolute atomic E-state index is 13.1. The number of hydrogen-bond acceptors (Lipinski definition) is 3. The number of carbonyl (C=O) groups is 2. The van der Waals surface area contributed by atoms with Crippen LogP contribution in [-0.4, -0.2) is 20.9 Å². The fourth-order valence-corrected chi connectivity index (χ4v) is 3.62. The second-order valence-electron chi connectivity index (χ2n) is 7.58. The lowest BCUT2D eigenvalue weighted by molar-refractivity contribution is -0.135. The molecule has 1 aliphatic carbocycles. The number of aromatic nitrogens is 2. The van der Waals surface area contributed by atoms with Crippen LogP contribution < -0.4 is 11.0 Å². The molecule has 6 nitrogen and oxygen atoms in total. The molecule has 0 spiro atoms. The predicted molar refractivity (Wildman–Crippen MR) is 96.5 cm³/mol. The van der Waals surface area contributed by atoms with Gasteiger partial charge in [0, 0.05) is 14.4 Å². The zero-order valence-electron chi connectivity index (χ0n) is 14.6. The SMILES string of the molecule is CC(C)c1ccc2c(c1)n(CC1CC1)c(=O)n2C1CCC(=O)NC1=O.[HH]. The zero-order chi connectivity index (χ0) is 17.7. The van der Waals surface area contributed by atoms with Crippen LogP contribution in [-0.2, 0) is 16.1 Å². The van der Waals surface area contributed by atoms with Crippen molar-refractivity contribution in [2.24, 2.45) is 5.92 Å². The van der Waals surface area contributed by atoms with Gasteiger partial charge in [0.2, 0.25) is 11.8 Å². The van der Waals surface area contributed by atoms with Crippen LogP contribution >= 0.6 is 0 Å². The summed E-state index contributed by atoms with van der Waals surface area (Å²) in [7, 11) is 0. The number of carbonyl (C=O) groups excluding carboxylic acids is 2. The Bertz CT molecular complexity index is 924. The van der Waals surface area contributed by atoms with Crippen molar-refractivity contribution in [1.82, 2.24) is 14.5 Å². The molecule has 1 N–H and O–H groups in total. The van der Waals surface area contributed by atoms with Gasteiger partial charge in [-0.1, -0.05) is 19.9 Å². The van der Waals surface area contributed by atoms with E-state index in [9.17, 15) is 14.4 Å². The second-order valence-corrected chi connectivity index (χ2v) is 7.58. The molecule has 1 unspecified atom stereocenters. The highest BCUT2D eigenvalue weighted by Gasteiger charge is 2.32. The van der Waals surface area contributed by atoms with E-state index in [-0.39, 0.29) is 25.4 Å². The lowest BCUT2D eigenvalue weighted by Crippen LogP contribution is -2.44. The first-order valence-corrected chi connectivity index (χ1v) is 9.04. The summed E-state index contributed by atoms with van der Waals surface area (Å²) in [5.74, 6) is 0.281. The van der Waals surface area contributed by atoms with Gasteiger partial charge in [0.05, 0.1) is 11.0 Å². The van der Waals surface area contributed by atoms with Gasteiger partial charge in [-0.25, -0.2) is 4.79 Å². The summed E-state index contributed by atoms with van der Waals surface area (Å²) in [6.07, 6.45) is 2.95. The monoisotopic (exact) mass is 343 g/mol. The number of imide groups is 1. The van der Waals surface area contributed by atoms with Crippen molar-refractivity contribution in [3.63, 3.8) is 0 Å². The zero-order valence-corrected chi connectivity index (χ0v) is 14.6. The number of hydrogen-bond donors (Lipinski definition) is 1. The Morgan fingerprint density at radius 3 is 2.56 bits per heavy atom. The van der Waals surface area contributed by atoms with Gasteiger partial charge in [-0.15, -0.1) is 0 Å². The number of imidazole rings is 1. The molecule has 1 saturated heterocycles. The Balaban J connectivity index is 0.00000196. The maximum atomic E-state index is 13.1. The lowest BCUT2D eigenvalue weighted by Gasteiger charge is -2.22. The van der Waals surface area contributed by atoms with Crippen LogP contribution in [0.25, 0.3) is 11.0 Å². The van der Waals surface area contributed by atoms with Crippen LogP contribution in [0.5, 0.6) is 0 Å². The van der Waals surface area contributed by atoms with Crippen LogP contribution in [0.4, 0.5) is 0 Å². The van der Waals surface area contributed by atoms with Gasteiger partial charge in [-0.05, 0) is 48.8 Å².